The van der Waals surface area contributed by atoms with E-state index in [-0.39, 0.29) is 10.1 Å². The van der Waals surface area contributed by atoms with Gasteiger partial charge in [0, 0.05) is 0 Å². The summed E-state index contributed by atoms with van der Waals surface area (Å²) in [4.78, 5) is 0.165. The van der Waals surface area contributed by atoms with Gasteiger partial charge in [-0.05, 0) is 30.5 Å². The molecule has 0 atom stereocenters. The molecule has 2 aromatic rings. The van der Waals surface area contributed by atoms with E-state index in [0.29, 0.717) is 0 Å². The molecule has 0 bridgehead atoms. The Morgan fingerprint density at radius 1 is 1.00 bits per heavy atom. The molecular weight excluding hydrogens is 306 g/mol. The van der Waals surface area contributed by atoms with Crippen LogP contribution in [-0.2, 0) is 10.0 Å². The van der Waals surface area contributed by atoms with Crippen molar-refractivity contribution in [3.05, 3.63) is 60.7 Å². The van der Waals surface area contributed by atoms with E-state index < -0.39 is 10.0 Å². The summed E-state index contributed by atoms with van der Waals surface area (Å²) in [6.45, 7) is 0. The highest BCUT2D eigenvalue weighted by Crippen LogP contribution is 2.13. The minimum absolute atomic E-state index is 0.165. The van der Waals surface area contributed by atoms with E-state index in [0.717, 1.165) is 5.69 Å². The maximum atomic E-state index is 12.1. The van der Waals surface area contributed by atoms with Crippen LogP contribution in [0.5, 0.6) is 0 Å². The van der Waals surface area contributed by atoms with Crippen molar-refractivity contribution in [2.75, 3.05) is 11.7 Å². The summed E-state index contributed by atoms with van der Waals surface area (Å²) >= 11 is 1.21. The number of nitrogens with zero attached hydrogens (tertiary/aromatic N) is 1. The second-order valence-corrected chi connectivity index (χ2v) is 6.40. The third-order valence-corrected chi connectivity index (χ3v) is 4.51. The minimum Gasteiger partial charge on any atom is -0.299 e. The van der Waals surface area contributed by atoms with Gasteiger partial charge in [-0.3, -0.25) is 10.9 Å². The first-order valence-electron chi connectivity index (χ1n) is 6.13. The van der Waals surface area contributed by atoms with Crippen LogP contribution < -0.4 is 10.9 Å². The highest BCUT2D eigenvalue weighted by molar-refractivity contribution is 8.13. The maximum absolute atomic E-state index is 12.1. The quantitative estimate of drug-likeness (QED) is 0.515. The van der Waals surface area contributed by atoms with Crippen molar-refractivity contribution in [3.63, 3.8) is 0 Å². The lowest BCUT2D eigenvalue weighted by molar-refractivity contribution is 0.598. The minimum atomic E-state index is -3.71. The van der Waals surface area contributed by atoms with E-state index in [1.54, 1.807) is 24.5 Å². The summed E-state index contributed by atoms with van der Waals surface area (Å²) in [6.07, 6.45) is 1.75. The SMILES string of the molecule is CSC(=NS(=O)(=O)c1ccccc1)NNc1ccccc1. The van der Waals surface area contributed by atoms with Crippen LogP contribution >= 0.6 is 11.8 Å². The Hall–Kier alpha value is -1.99. The van der Waals surface area contributed by atoms with Gasteiger partial charge in [0.1, 0.15) is 0 Å². The third kappa shape index (κ3) is 4.51. The van der Waals surface area contributed by atoms with Crippen LogP contribution in [0.25, 0.3) is 0 Å². The van der Waals surface area contributed by atoms with Crippen molar-refractivity contribution in [2.24, 2.45) is 4.40 Å². The smallest absolute Gasteiger partial charge is 0.284 e. The summed E-state index contributed by atoms with van der Waals surface area (Å²) in [5.41, 5.74) is 6.52. The van der Waals surface area contributed by atoms with E-state index in [4.69, 9.17) is 0 Å². The van der Waals surface area contributed by atoms with Gasteiger partial charge in [-0.25, -0.2) is 0 Å². The van der Waals surface area contributed by atoms with Gasteiger partial charge in [0.2, 0.25) is 0 Å². The molecule has 0 spiro atoms. The first-order chi connectivity index (χ1) is 10.1. The van der Waals surface area contributed by atoms with Gasteiger partial charge in [-0.15, -0.1) is 4.40 Å². The van der Waals surface area contributed by atoms with E-state index in [1.165, 1.54) is 23.9 Å². The lowest BCUT2D eigenvalue weighted by atomic mass is 10.3. The number of sulfonamides is 1. The molecule has 0 aliphatic heterocycles. The molecule has 0 radical (unpaired) electrons. The molecule has 0 aliphatic carbocycles. The van der Waals surface area contributed by atoms with Crippen LogP contribution in [0, 0.1) is 0 Å². The Kier molecular flexibility index (Phi) is 5.24. The van der Waals surface area contributed by atoms with E-state index >= 15 is 0 Å². The number of anilines is 1. The molecule has 2 aromatic carbocycles. The molecule has 0 amide bonds. The fourth-order valence-electron chi connectivity index (χ4n) is 1.51. The van der Waals surface area contributed by atoms with E-state index in [2.05, 4.69) is 15.2 Å². The highest BCUT2D eigenvalue weighted by atomic mass is 32.2. The van der Waals surface area contributed by atoms with Gasteiger partial charge >= 0.3 is 0 Å². The molecule has 0 saturated carbocycles. The second kappa shape index (κ2) is 7.14. The average Bonchev–Trinajstić information content (AvgIpc) is 2.53. The zero-order chi connectivity index (χ0) is 15.1. The van der Waals surface area contributed by atoms with Crippen molar-refractivity contribution in [3.8, 4) is 0 Å². The lowest BCUT2D eigenvalue weighted by Crippen LogP contribution is -2.27. The van der Waals surface area contributed by atoms with Crippen molar-refractivity contribution >= 4 is 32.6 Å². The largest absolute Gasteiger partial charge is 0.299 e. The van der Waals surface area contributed by atoms with Crippen LogP contribution in [0.15, 0.2) is 70.0 Å². The van der Waals surface area contributed by atoms with Crippen LogP contribution in [0.2, 0.25) is 0 Å². The first-order valence-corrected chi connectivity index (χ1v) is 8.79. The molecule has 2 N–H and O–H groups in total. The zero-order valence-electron chi connectivity index (χ0n) is 11.4. The van der Waals surface area contributed by atoms with Crippen LogP contribution in [0.4, 0.5) is 5.69 Å². The van der Waals surface area contributed by atoms with Crippen molar-refractivity contribution in [1.29, 1.82) is 0 Å². The fraction of sp³-hybridized carbons (Fsp3) is 0.0714. The Labute approximate surface area is 128 Å². The number of hydrazine groups is 1. The van der Waals surface area contributed by atoms with Crippen molar-refractivity contribution in [1.82, 2.24) is 5.43 Å². The van der Waals surface area contributed by atoms with Gasteiger partial charge in [0.25, 0.3) is 10.0 Å². The first kappa shape index (κ1) is 15.4. The molecule has 2 rings (SSSR count). The van der Waals surface area contributed by atoms with Gasteiger partial charge in [0.05, 0.1) is 10.6 Å². The summed E-state index contributed by atoms with van der Waals surface area (Å²) < 4.78 is 28.1. The van der Waals surface area contributed by atoms with Crippen LogP contribution in [0.1, 0.15) is 0 Å². The molecule has 0 heterocycles. The summed E-state index contributed by atoms with van der Waals surface area (Å²) in [5, 5.41) is 0.266. The molecule has 0 fully saturated rings. The van der Waals surface area contributed by atoms with Gasteiger partial charge < -0.3 is 0 Å². The number of hydrogen-bond donors (Lipinski definition) is 2. The van der Waals surface area contributed by atoms with Crippen molar-refractivity contribution < 1.29 is 8.42 Å². The number of thioether (sulfide) groups is 1. The number of nitrogens with one attached hydrogen (secondary N) is 2. The Balaban J connectivity index is 2.13. The number of benzene rings is 2. The Morgan fingerprint density at radius 2 is 1.57 bits per heavy atom. The molecular formula is C14H15N3O2S2. The van der Waals surface area contributed by atoms with Crippen molar-refractivity contribution in [2.45, 2.75) is 4.90 Å². The second-order valence-electron chi connectivity index (χ2n) is 4.00. The molecule has 7 heteroatoms. The van der Waals surface area contributed by atoms with Crippen LogP contribution in [0.3, 0.4) is 0 Å². The molecule has 0 saturated heterocycles. The zero-order valence-corrected chi connectivity index (χ0v) is 13.0. The fourth-order valence-corrected chi connectivity index (χ4v) is 3.13. The number of rotatable bonds is 4. The molecule has 0 aliphatic rings. The lowest BCUT2D eigenvalue weighted by Gasteiger charge is -2.10. The monoisotopic (exact) mass is 321 g/mol. The summed E-state index contributed by atoms with van der Waals surface area (Å²) in [7, 11) is -3.71. The molecule has 110 valence electrons. The predicted molar refractivity (Wildman–Crippen MR) is 87.8 cm³/mol. The van der Waals surface area contributed by atoms with Gasteiger partial charge in [-0.1, -0.05) is 48.2 Å². The summed E-state index contributed by atoms with van der Waals surface area (Å²) in [5.74, 6) is 0. The molecule has 21 heavy (non-hydrogen) atoms. The number of para-hydroxylation sites is 1. The highest BCUT2D eigenvalue weighted by Gasteiger charge is 2.13. The molecule has 0 unspecified atom stereocenters. The van der Waals surface area contributed by atoms with Crippen LogP contribution in [-0.4, -0.2) is 19.8 Å². The number of hydrogen-bond acceptors (Lipinski definition) is 4. The Bertz CT molecular complexity index is 702. The predicted octanol–water partition coefficient (Wildman–Crippen LogP) is 2.71. The van der Waals surface area contributed by atoms with E-state index in [9.17, 15) is 8.42 Å². The number of amidine groups is 1. The van der Waals surface area contributed by atoms with Gasteiger partial charge in [0.15, 0.2) is 5.17 Å². The molecule has 5 nitrogen and oxygen atoms in total. The standard InChI is InChI=1S/C14H15N3O2S2/c1-20-14(16-15-12-8-4-2-5-9-12)17-21(18,19)13-10-6-3-7-11-13/h2-11,15H,1H3,(H,16,17). The summed E-state index contributed by atoms with van der Waals surface area (Å²) in [6, 6.07) is 17.5. The maximum Gasteiger partial charge on any atom is 0.284 e. The van der Waals surface area contributed by atoms with Gasteiger partial charge in [-0.2, -0.15) is 8.42 Å². The topological polar surface area (TPSA) is 70.6 Å². The third-order valence-electron chi connectivity index (χ3n) is 2.53. The average molecular weight is 321 g/mol. The normalized spacial score (nSPS) is 12.0. The van der Waals surface area contributed by atoms with E-state index in [1.807, 2.05) is 30.3 Å². The molecule has 0 aromatic heterocycles. The Morgan fingerprint density at radius 3 is 2.14 bits per heavy atom.